The lowest BCUT2D eigenvalue weighted by atomic mass is 10.1. The molecule has 0 aliphatic carbocycles. The van der Waals surface area contributed by atoms with E-state index in [4.69, 9.17) is 5.11 Å². The summed E-state index contributed by atoms with van der Waals surface area (Å²) in [4.78, 5) is 41.9. The van der Waals surface area contributed by atoms with Crippen molar-refractivity contribution >= 4 is 29.1 Å². The maximum atomic E-state index is 12.3. The average Bonchev–Trinajstić information content (AvgIpc) is 3.05. The fraction of sp³-hybridized carbons (Fsp3) is 0.500. The molecular weight excluding hydrogens is 282 g/mol. The molecule has 0 aromatic carbocycles. The molecule has 2 amide bonds. The highest BCUT2D eigenvalue weighted by atomic mass is 32.1. The molecule has 7 nitrogen and oxygen atoms in total. The van der Waals surface area contributed by atoms with Crippen LogP contribution in [0.5, 0.6) is 0 Å². The summed E-state index contributed by atoms with van der Waals surface area (Å²) >= 11 is 0.947. The van der Waals surface area contributed by atoms with Gasteiger partial charge in [0.05, 0.1) is 0 Å². The van der Waals surface area contributed by atoms with E-state index in [0.29, 0.717) is 26.1 Å². The van der Waals surface area contributed by atoms with Crippen LogP contribution in [0.15, 0.2) is 5.38 Å². The van der Waals surface area contributed by atoms with E-state index in [1.54, 1.807) is 4.90 Å². The van der Waals surface area contributed by atoms with Crippen molar-refractivity contribution in [3.8, 4) is 0 Å². The summed E-state index contributed by atoms with van der Waals surface area (Å²) in [6, 6.07) is 0.0952. The zero-order chi connectivity index (χ0) is 14.3. The number of aromatic carboxylic acids is 1. The monoisotopic (exact) mass is 295 g/mol. The van der Waals surface area contributed by atoms with E-state index < -0.39 is 5.97 Å². The number of piperazine rings is 1. The molecule has 2 fully saturated rings. The third-order valence-electron chi connectivity index (χ3n) is 3.69. The highest BCUT2D eigenvalue weighted by molar-refractivity contribution is 7.11. The molecule has 0 bridgehead atoms. The van der Waals surface area contributed by atoms with Gasteiger partial charge in [-0.15, -0.1) is 11.3 Å². The van der Waals surface area contributed by atoms with Gasteiger partial charge in [-0.1, -0.05) is 0 Å². The molecule has 1 unspecified atom stereocenters. The summed E-state index contributed by atoms with van der Waals surface area (Å²) in [6.45, 7) is 1.52. The second-order valence-corrected chi connectivity index (χ2v) is 5.73. The van der Waals surface area contributed by atoms with Gasteiger partial charge in [-0.3, -0.25) is 9.59 Å². The van der Waals surface area contributed by atoms with Crippen LogP contribution in [-0.2, 0) is 4.79 Å². The van der Waals surface area contributed by atoms with Crippen molar-refractivity contribution in [2.45, 2.75) is 18.9 Å². The molecule has 1 N–H and O–H groups in total. The molecule has 3 rings (SSSR count). The van der Waals surface area contributed by atoms with E-state index >= 15 is 0 Å². The molecular formula is C12H13N3O4S. The maximum Gasteiger partial charge on any atom is 0.365 e. The van der Waals surface area contributed by atoms with Crippen LogP contribution in [-0.4, -0.2) is 63.4 Å². The van der Waals surface area contributed by atoms with Gasteiger partial charge < -0.3 is 14.9 Å². The van der Waals surface area contributed by atoms with Gasteiger partial charge in [0.15, 0.2) is 0 Å². The Bertz CT molecular complexity index is 585. The molecule has 2 saturated heterocycles. The molecule has 2 aliphatic heterocycles. The fourth-order valence-electron chi connectivity index (χ4n) is 2.68. The summed E-state index contributed by atoms with van der Waals surface area (Å²) in [7, 11) is 0. The minimum Gasteiger partial charge on any atom is -0.476 e. The van der Waals surface area contributed by atoms with Crippen molar-refractivity contribution in [2.75, 3.05) is 19.6 Å². The van der Waals surface area contributed by atoms with Crippen LogP contribution in [0.4, 0.5) is 0 Å². The zero-order valence-electron chi connectivity index (χ0n) is 10.6. The first-order chi connectivity index (χ1) is 9.56. The van der Waals surface area contributed by atoms with Gasteiger partial charge in [0.2, 0.25) is 10.9 Å². The third-order valence-corrected chi connectivity index (χ3v) is 4.52. The summed E-state index contributed by atoms with van der Waals surface area (Å²) in [6.07, 6.45) is 1.33. The summed E-state index contributed by atoms with van der Waals surface area (Å²) < 4.78 is 0. The Hall–Kier alpha value is -1.96. The van der Waals surface area contributed by atoms with E-state index in [2.05, 4.69) is 4.98 Å². The number of carboxylic acid groups (broad SMARTS) is 1. The number of hydrogen-bond donors (Lipinski definition) is 1. The SMILES string of the molecule is O=C(O)c1nc(C(=O)N2CCN3C(=O)CCC3C2)cs1. The number of carbonyl (C=O) groups excluding carboxylic acids is 2. The lowest BCUT2D eigenvalue weighted by Crippen LogP contribution is -2.53. The van der Waals surface area contributed by atoms with Crippen LogP contribution in [0, 0.1) is 0 Å². The quantitative estimate of drug-likeness (QED) is 0.846. The molecule has 0 radical (unpaired) electrons. The molecule has 0 saturated carbocycles. The standard InChI is InChI=1S/C12H13N3O4S/c16-9-2-1-7-5-14(3-4-15(7)9)11(17)8-6-20-10(13-8)12(18)19/h6-7H,1-5H2,(H,18,19). The second-order valence-electron chi connectivity index (χ2n) is 4.87. The number of rotatable bonds is 2. The summed E-state index contributed by atoms with van der Waals surface area (Å²) in [5.74, 6) is -1.23. The van der Waals surface area contributed by atoms with Gasteiger partial charge in [0.1, 0.15) is 5.69 Å². The van der Waals surface area contributed by atoms with Crippen LogP contribution in [0.3, 0.4) is 0 Å². The van der Waals surface area contributed by atoms with Crippen molar-refractivity contribution in [1.82, 2.24) is 14.8 Å². The average molecular weight is 295 g/mol. The zero-order valence-corrected chi connectivity index (χ0v) is 11.4. The van der Waals surface area contributed by atoms with Crippen LogP contribution in [0.2, 0.25) is 0 Å². The van der Waals surface area contributed by atoms with Gasteiger partial charge in [0, 0.05) is 37.5 Å². The Balaban J connectivity index is 1.71. The largest absolute Gasteiger partial charge is 0.476 e. The highest BCUT2D eigenvalue weighted by Gasteiger charge is 2.37. The first kappa shape index (κ1) is 13.0. The smallest absolute Gasteiger partial charge is 0.365 e. The third kappa shape index (κ3) is 2.15. The predicted octanol–water partition coefficient (Wildman–Crippen LogP) is 0.288. The maximum absolute atomic E-state index is 12.3. The van der Waals surface area contributed by atoms with Crippen LogP contribution in [0.25, 0.3) is 0 Å². The minimum atomic E-state index is -1.12. The van der Waals surface area contributed by atoms with Crippen molar-refractivity contribution in [2.24, 2.45) is 0 Å². The number of amides is 2. The molecule has 20 heavy (non-hydrogen) atoms. The Morgan fingerprint density at radius 3 is 2.90 bits per heavy atom. The van der Waals surface area contributed by atoms with Gasteiger partial charge in [0.25, 0.3) is 5.91 Å². The predicted molar refractivity (Wildman–Crippen MR) is 69.7 cm³/mol. The number of nitrogens with zero attached hydrogens (tertiary/aromatic N) is 3. The topological polar surface area (TPSA) is 90.8 Å². The van der Waals surface area contributed by atoms with E-state index in [-0.39, 0.29) is 28.6 Å². The molecule has 1 aromatic heterocycles. The normalized spacial score (nSPS) is 22.0. The van der Waals surface area contributed by atoms with Crippen LogP contribution >= 0.6 is 11.3 Å². The number of carboxylic acids is 1. The van der Waals surface area contributed by atoms with Crippen molar-refractivity contribution in [1.29, 1.82) is 0 Å². The lowest BCUT2D eigenvalue weighted by Gasteiger charge is -2.37. The first-order valence-corrected chi connectivity index (χ1v) is 7.22. The van der Waals surface area contributed by atoms with Gasteiger partial charge in [-0.05, 0) is 6.42 Å². The number of fused-ring (bicyclic) bond motifs is 1. The minimum absolute atomic E-state index is 0.0805. The number of aromatic nitrogens is 1. The Morgan fingerprint density at radius 2 is 2.20 bits per heavy atom. The molecule has 106 valence electrons. The molecule has 1 aromatic rings. The van der Waals surface area contributed by atoms with Gasteiger partial charge in [-0.25, -0.2) is 9.78 Å². The van der Waals surface area contributed by atoms with Gasteiger partial charge in [-0.2, -0.15) is 0 Å². The Morgan fingerprint density at radius 1 is 1.40 bits per heavy atom. The van der Waals surface area contributed by atoms with Gasteiger partial charge >= 0.3 is 5.97 Å². The summed E-state index contributed by atoms with van der Waals surface area (Å²) in [5, 5.41) is 10.2. The molecule has 0 spiro atoms. The highest BCUT2D eigenvalue weighted by Crippen LogP contribution is 2.24. The van der Waals surface area contributed by atoms with E-state index in [0.717, 1.165) is 17.8 Å². The van der Waals surface area contributed by atoms with E-state index in [1.807, 2.05) is 4.90 Å². The van der Waals surface area contributed by atoms with Crippen LogP contribution in [0.1, 0.15) is 33.1 Å². The number of carbonyl (C=O) groups is 3. The number of thiazole rings is 1. The first-order valence-electron chi connectivity index (χ1n) is 6.34. The summed E-state index contributed by atoms with van der Waals surface area (Å²) in [5.41, 5.74) is 0.171. The Kier molecular flexibility index (Phi) is 3.17. The molecule has 8 heteroatoms. The van der Waals surface area contributed by atoms with Crippen molar-refractivity contribution < 1.29 is 19.5 Å². The fourth-order valence-corrected chi connectivity index (χ4v) is 3.31. The molecule has 2 aliphatic rings. The van der Waals surface area contributed by atoms with Crippen LogP contribution < -0.4 is 0 Å². The number of hydrogen-bond acceptors (Lipinski definition) is 5. The second kappa shape index (κ2) is 4.86. The lowest BCUT2D eigenvalue weighted by molar-refractivity contribution is -0.130. The Labute approximate surface area is 118 Å². The molecule has 3 heterocycles. The van der Waals surface area contributed by atoms with Crippen molar-refractivity contribution in [3.05, 3.63) is 16.1 Å². The van der Waals surface area contributed by atoms with E-state index in [1.165, 1.54) is 5.38 Å². The van der Waals surface area contributed by atoms with Crippen molar-refractivity contribution in [3.63, 3.8) is 0 Å². The molecule has 1 atom stereocenters. The van der Waals surface area contributed by atoms with E-state index in [9.17, 15) is 14.4 Å².